The molecule has 0 unspecified atom stereocenters. The number of anilines is 2. The van der Waals surface area contributed by atoms with Crippen LogP contribution in [-0.4, -0.2) is 18.1 Å². The first-order chi connectivity index (χ1) is 11.5. The number of nitrogens with one attached hydrogen (secondary N) is 2. The predicted octanol–water partition coefficient (Wildman–Crippen LogP) is 3.17. The number of carbonyl (C=O) groups is 1. The molecule has 0 saturated carbocycles. The highest BCUT2D eigenvalue weighted by Crippen LogP contribution is 2.24. The van der Waals surface area contributed by atoms with Crippen LogP contribution in [0, 0.1) is 18.3 Å². The van der Waals surface area contributed by atoms with Crippen molar-refractivity contribution in [3.05, 3.63) is 59.8 Å². The Labute approximate surface area is 140 Å². The molecule has 1 amide bonds. The van der Waals surface area contributed by atoms with E-state index in [2.05, 4.69) is 10.6 Å². The molecule has 122 valence electrons. The van der Waals surface area contributed by atoms with Crippen LogP contribution in [0.3, 0.4) is 0 Å². The minimum Gasteiger partial charge on any atom is -0.508 e. The van der Waals surface area contributed by atoms with Crippen molar-refractivity contribution >= 4 is 17.3 Å². The average molecular weight is 323 g/mol. The number of phenols is 1. The van der Waals surface area contributed by atoms with Gasteiger partial charge in [-0.1, -0.05) is 12.1 Å². The largest absolute Gasteiger partial charge is 0.508 e. The number of aryl methyl sites for hydroxylation is 1. The fraction of sp³-hybridized carbons (Fsp3) is 0.111. The van der Waals surface area contributed by atoms with Crippen LogP contribution in [0.15, 0.2) is 54.2 Å². The predicted molar refractivity (Wildman–Crippen MR) is 91.8 cm³/mol. The number of benzene rings is 2. The number of carbonyl (C=O) groups excluding carboxylic acids is 1. The molecular weight excluding hydrogens is 306 g/mol. The molecule has 0 aliphatic rings. The summed E-state index contributed by atoms with van der Waals surface area (Å²) >= 11 is 0. The Morgan fingerprint density at radius 3 is 2.67 bits per heavy atom. The summed E-state index contributed by atoms with van der Waals surface area (Å²) in [7, 11) is 1.50. The van der Waals surface area contributed by atoms with E-state index in [4.69, 9.17) is 4.74 Å². The molecule has 0 heterocycles. The zero-order chi connectivity index (χ0) is 17.5. The van der Waals surface area contributed by atoms with Crippen molar-refractivity contribution in [3.8, 4) is 17.6 Å². The van der Waals surface area contributed by atoms with Gasteiger partial charge in [-0.3, -0.25) is 4.79 Å². The molecule has 24 heavy (non-hydrogen) atoms. The van der Waals surface area contributed by atoms with E-state index in [0.29, 0.717) is 17.1 Å². The van der Waals surface area contributed by atoms with E-state index in [1.807, 2.05) is 6.07 Å². The van der Waals surface area contributed by atoms with Gasteiger partial charge in [-0.05, 0) is 42.8 Å². The van der Waals surface area contributed by atoms with Crippen LogP contribution < -0.4 is 15.4 Å². The first-order valence-corrected chi connectivity index (χ1v) is 7.16. The third-order valence-electron chi connectivity index (χ3n) is 3.30. The van der Waals surface area contributed by atoms with Gasteiger partial charge in [0, 0.05) is 11.9 Å². The monoisotopic (exact) mass is 323 g/mol. The smallest absolute Gasteiger partial charge is 0.267 e. The molecule has 6 heteroatoms. The van der Waals surface area contributed by atoms with E-state index < -0.39 is 5.91 Å². The van der Waals surface area contributed by atoms with Crippen molar-refractivity contribution in [1.29, 1.82) is 5.26 Å². The molecule has 2 rings (SSSR count). The molecule has 0 aromatic heterocycles. The maximum Gasteiger partial charge on any atom is 0.267 e. The standard InChI is InChI=1S/C18H17N3O3/c1-12-9-14(22)7-8-15(12)20-11-13(10-19)18(23)21-16-5-3-4-6-17(16)24-2/h3-9,11,20,22H,1-2H3,(H,21,23)/b13-11-. The quantitative estimate of drug-likeness (QED) is 0.446. The van der Waals surface area contributed by atoms with Gasteiger partial charge in [-0.2, -0.15) is 5.26 Å². The lowest BCUT2D eigenvalue weighted by molar-refractivity contribution is -0.112. The number of para-hydroxylation sites is 2. The molecule has 0 aliphatic carbocycles. The minimum absolute atomic E-state index is 0.0895. The van der Waals surface area contributed by atoms with E-state index in [9.17, 15) is 15.2 Å². The van der Waals surface area contributed by atoms with Crippen molar-refractivity contribution < 1.29 is 14.6 Å². The second kappa shape index (κ2) is 7.70. The summed E-state index contributed by atoms with van der Waals surface area (Å²) < 4.78 is 5.16. The molecule has 2 aromatic rings. The number of phenolic OH excluding ortho intramolecular Hbond substituents is 1. The van der Waals surface area contributed by atoms with Crippen molar-refractivity contribution in [2.24, 2.45) is 0 Å². The second-order valence-electron chi connectivity index (χ2n) is 4.97. The summed E-state index contributed by atoms with van der Waals surface area (Å²) in [6, 6.07) is 13.6. The van der Waals surface area contributed by atoms with Gasteiger partial charge in [0.25, 0.3) is 5.91 Å². The highest BCUT2D eigenvalue weighted by Gasteiger charge is 2.12. The van der Waals surface area contributed by atoms with Gasteiger partial charge in [0.2, 0.25) is 0 Å². The van der Waals surface area contributed by atoms with Gasteiger partial charge in [0.1, 0.15) is 23.1 Å². The van der Waals surface area contributed by atoms with Crippen LogP contribution >= 0.6 is 0 Å². The summed E-state index contributed by atoms with van der Waals surface area (Å²) in [4.78, 5) is 12.2. The van der Waals surface area contributed by atoms with Crippen LogP contribution in [0.25, 0.3) is 0 Å². The van der Waals surface area contributed by atoms with Crippen LogP contribution in [-0.2, 0) is 4.79 Å². The van der Waals surface area contributed by atoms with Gasteiger partial charge in [-0.25, -0.2) is 0 Å². The fourth-order valence-electron chi connectivity index (χ4n) is 2.05. The van der Waals surface area contributed by atoms with Crippen molar-refractivity contribution in [2.75, 3.05) is 17.7 Å². The lowest BCUT2D eigenvalue weighted by Gasteiger charge is -2.10. The van der Waals surface area contributed by atoms with Crippen LogP contribution in [0.1, 0.15) is 5.56 Å². The molecule has 3 N–H and O–H groups in total. The van der Waals surface area contributed by atoms with E-state index >= 15 is 0 Å². The summed E-state index contributed by atoms with van der Waals surface area (Å²) in [5, 5.41) is 24.1. The zero-order valence-electron chi connectivity index (χ0n) is 13.3. The van der Waals surface area contributed by atoms with Crippen LogP contribution in [0.4, 0.5) is 11.4 Å². The first-order valence-electron chi connectivity index (χ1n) is 7.16. The maximum absolute atomic E-state index is 12.2. The van der Waals surface area contributed by atoms with E-state index in [0.717, 1.165) is 5.56 Å². The number of aromatic hydroxyl groups is 1. The molecular formula is C18H17N3O3. The number of rotatable bonds is 5. The first kappa shape index (κ1) is 16.9. The van der Waals surface area contributed by atoms with Gasteiger partial charge in [0.05, 0.1) is 12.8 Å². The number of hydrogen-bond acceptors (Lipinski definition) is 5. The molecule has 2 aromatic carbocycles. The summed E-state index contributed by atoms with van der Waals surface area (Å²) in [6.07, 6.45) is 1.32. The molecule has 0 saturated heterocycles. The Morgan fingerprint density at radius 2 is 2.00 bits per heavy atom. The summed E-state index contributed by atoms with van der Waals surface area (Å²) in [5.41, 5.74) is 1.86. The van der Waals surface area contributed by atoms with Crippen LogP contribution in [0.2, 0.25) is 0 Å². The van der Waals surface area contributed by atoms with E-state index in [-0.39, 0.29) is 11.3 Å². The Balaban J connectivity index is 2.15. The van der Waals surface area contributed by atoms with Crippen molar-refractivity contribution in [2.45, 2.75) is 6.92 Å². The number of nitriles is 1. The number of hydrogen-bond donors (Lipinski definition) is 3. The Bertz CT molecular complexity index is 822. The highest BCUT2D eigenvalue weighted by atomic mass is 16.5. The summed E-state index contributed by atoms with van der Waals surface area (Å²) in [5.74, 6) is 0.105. The maximum atomic E-state index is 12.2. The third kappa shape index (κ3) is 4.05. The Kier molecular flexibility index (Phi) is 5.42. The topological polar surface area (TPSA) is 94.4 Å². The number of methoxy groups -OCH3 is 1. The SMILES string of the molecule is COc1ccccc1NC(=O)/C(C#N)=C\Nc1ccc(O)cc1C. The molecule has 0 bridgehead atoms. The van der Waals surface area contributed by atoms with E-state index in [1.54, 1.807) is 43.3 Å². The van der Waals surface area contributed by atoms with Gasteiger partial charge < -0.3 is 20.5 Å². The lowest BCUT2D eigenvalue weighted by Crippen LogP contribution is -2.15. The lowest BCUT2D eigenvalue weighted by atomic mass is 10.2. The Hall–Kier alpha value is -3.46. The fourth-order valence-corrected chi connectivity index (χ4v) is 2.05. The average Bonchev–Trinajstić information content (AvgIpc) is 2.57. The van der Waals surface area contributed by atoms with Gasteiger partial charge in [-0.15, -0.1) is 0 Å². The zero-order valence-corrected chi connectivity index (χ0v) is 13.3. The molecule has 0 spiro atoms. The van der Waals surface area contributed by atoms with Gasteiger partial charge >= 0.3 is 0 Å². The Morgan fingerprint density at radius 1 is 1.25 bits per heavy atom. The van der Waals surface area contributed by atoms with E-state index in [1.165, 1.54) is 19.4 Å². The molecule has 6 nitrogen and oxygen atoms in total. The molecule has 0 atom stereocenters. The second-order valence-corrected chi connectivity index (χ2v) is 4.97. The minimum atomic E-state index is -0.550. The molecule has 0 radical (unpaired) electrons. The third-order valence-corrected chi connectivity index (χ3v) is 3.30. The molecule has 0 fully saturated rings. The van der Waals surface area contributed by atoms with Crippen molar-refractivity contribution in [1.82, 2.24) is 0 Å². The normalized spacial score (nSPS) is 10.6. The van der Waals surface area contributed by atoms with Crippen molar-refractivity contribution in [3.63, 3.8) is 0 Å². The number of amides is 1. The summed E-state index contributed by atoms with van der Waals surface area (Å²) in [6.45, 7) is 1.80. The highest BCUT2D eigenvalue weighted by molar-refractivity contribution is 6.07. The van der Waals surface area contributed by atoms with Gasteiger partial charge in [0.15, 0.2) is 0 Å². The number of ether oxygens (including phenoxy) is 1. The number of nitrogens with zero attached hydrogens (tertiary/aromatic N) is 1. The van der Waals surface area contributed by atoms with Crippen LogP contribution in [0.5, 0.6) is 11.5 Å². The molecule has 0 aliphatic heterocycles.